The average molecular weight is 236 g/mol. The Bertz CT molecular complexity index is 424. The number of aliphatic hydroxyl groups excluding tert-OH is 1. The highest BCUT2D eigenvalue weighted by Crippen LogP contribution is 2.56. The van der Waals surface area contributed by atoms with Crippen molar-refractivity contribution >= 4 is 0 Å². The molecule has 0 aromatic heterocycles. The predicted molar refractivity (Wildman–Crippen MR) is 66.8 cm³/mol. The van der Waals surface area contributed by atoms with Gasteiger partial charge in [-0.25, -0.2) is 0 Å². The van der Waals surface area contributed by atoms with Gasteiger partial charge >= 0.3 is 0 Å². The van der Waals surface area contributed by atoms with Crippen LogP contribution in [0, 0.1) is 12.8 Å². The van der Waals surface area contributed by atoms with Gasteiger partial charge in [-0.1, -0.05) is 6.92 Å². The van der Waals surface area contributed by atoms with E-state index < -0.39 is 0 Å². The third-order valence-corrected chi connectivity index (χ3v) is 3.99. The number of benzene rings is 1. The lowest BCUT2D eigenvalue weighted by molar-refractivity contribution is 0.243. The first kappa shape index (κ1) is 12.2. The molecule has 0 saturated heterocycles. The van der Waals surface area contributed by atoms with Crippen LogP contribution >= 0.6 is 0 Å². The Labute approximate surface area is 102 Å². The van der Waals surface area contributed by atoms with E-state index in [1.165, 1.54) is 0 Å². The summed E-state index contributed by atoms with van der Waals surface area (Å²) in [4.78, 5) is 0. The summed E-state index contributed by atoms with van der Waals surface area (Å²) in [5.41, 5.74) is 1.98. The summed E-state index contributed by atoms with van der Waals surface area (Å²) in [5.74, 6) is 2.20. The van der Waals surface area contributed by atoms with Crippen molar-refractivity contribution in [2.45, 2.75) is 25.7 Å². The molecule has 0 bridgehead atoms. The maximum absolute atomic E-state index is 9.64. The quantitative estimate of drug-likeness (QED) is 0.871. The van der Waals surface area contributed by atoms with E-state index in [0.717, 1.165) is 29.0 Å². The van der Waals surface area contributed by atoms with Crippen LogP contribution in [0.4, 0.5) is 0 Å². The molecule has 1 aliphatic carbocycles. The molecule has 1 aliphatic rings. The molecule has 1 N–H and O–H groups in total. The monoisotopic (exact) mass is 236 g/mol. The van der Waals surface area contributed by atoms with Crippen molar-refractivity contribution in [1.82, 2.24) is 0 Å². The van der Waals surface area contributed by atoms with E-state index in [4.69, 9.17) is 9.47 Å². The fourth-order valence-electron chi connectivity index (χ4n) is 2.61. The molecule has 0 amide bonds. The second-order valence-electron chi connectivity index (χ2n) is 4.94. The standard InChI is InChI=1S/C14H20O3/c1-9-5-13(17-4)11(6-12(9)16-3)14(8-15)7-10(14)2/h5-6,10,15H,7-8H2,1-4H3. The number of aryl methyl sites for hydroxylation is 1. The first-order valence-electron chi connectivity index (χ1n) is 5.93. The molecule has 2 unspecified atom stereocenters. The van der Waals surface area contributed by atoms with E-state index in [9.17, 15) is 5.11 Å². The topological polar surface area (TPSA) is 38.7 Å². The first-order chi connectivity index (χ1) is 8.08. The third kappa shape index (κ3) is 1.78. The predicted octanol–water partition coefficient (Wildman–Crippen LogP) is 2.28. The second kappa shape index (κ2) is 4.22. The Morgan fingerprint density at radius 1 is 1.29 bits per heavy atom. The van der Waals surface area contributed by atoms with E-state index in [2.05, 4.69) is 6.92 Å². The molecule has 1 fully saturated rings. The molecule has 17 heavy (non-hydrogen) atoms. The SMILES string of the molecule is COc1cc(C2(CO)CC2C)c(OC)cc1C. The lowest BCUT2D eigenvalue weighted by atomic mass is 9.92. The summed E-state index contributed by atoms with van der Waals surface area (Å²) >= 11 is 0. The third-order valence-electron chi connectivity index (χ3n) is 3.99. The van der Waals surface area contributed by atoms with Crippen molar-refractivity contribution in [1.29, 1.82) is 0 Å². The van der Waals surface area contributed by atoms with Crippen LogP contribution in [0.15, 0.2) is 12.1 Å². The second-order valence-corrected chi connectivity index (χ2v) is 4.94. The maximum atomic E-state index is 9.64. The molecule has 3 heteroatoms. The summed E-state index contributed by atoms with van der Waals surface area (Å²) in [5, 5.41) is 9.64. The molecular formula is C14H20O3. The number of rotatable bonds is 4. The number of hydrogen-bond donors (Lipinski definition) is 1. The summed E-state index contributed by atoms with van der Waals surface area (Å²) in [6, 6.07) is 3.99. The van der Waals surface area contributed by atoms with Gasteiger partial charge in [0.15, 0.2) is 0 Å². The normalized spacial score (nSPS) is 26.8. The van der Waals surface area contributed by atoms with Crippen molar-refractivity contribution in [2.75, 3.05) is 20.8 Å². The highest BCUT2D eigenvalue weighted by atomic mass is 16.5. The van der Waals surface area contributed by atoms with Gasteiger partial charge < -0.3 is 14.6 Å². The zero-order chi connectivity index (χ0) is 12.6. The van der Waals surface area contributed by atoms with Crippen molar-refractivity contribution in [3.05, 3.63) is 23.3 Å². The Balaban J connectivity index is 2.52. The maximum Gasteiger partial charge on any atom is 0.123 e. The van der Waals surface area contributed by atoms with Gasteiger partial charge in [-0.3, -0.25) is 0 Å². The summed E-state index contributed by atoms with van der Waals surface area (Å²) in [6.45, 7) is 4.31. The van der Waals surface area contributed by atoms with Crippen LogP contribution in [0.1, 0.15) is 24.5 Å². The van der Waals surface area contributed by atoms with Gasteiger partial charge in [0.2, 0.25) is 0 Å². The van der Waals surface area contributed by atoms with Crippen LogP contribution in [-0.4, -0.2) is 25.9 Å². The number of ether oxygens (including phenoxy) is 2. The van der Waals surface area contributed by atoms with Gasteiger partial charge in [0.25, 0.3) is 0 Å². The zero-order valence-electron chi connectivity index (χ0n) is 10.9. The van der Waals surface area contributed by atoms with Gasteiger partial charge in [-0.05, 0) is 37.0 Å². The molecule has 94 valence electrons. The van der Waals surface area contributed by atoms with E-state index in [1.54, 1.807) is 14.2 Å². The minimum absolute atomic E-state index is 0.133. The lowest BCUT2D eigenvalue weighted by Crippen LogP contribution is -2.16. The Kier molecular flexibility index (Phi) is 3.04. The van der Waals surface area contributed by atoms with Crippen molar-refractivity contribution in [2.24, 2.45) is 5.92 Å². The first-order valence-corrected chi connectivity index (χ1v) is 5.93. The van der Waals surface area contributed by atoms with Gasteiger partial charge in [0.1, 0.15) is 11.5 Å². The minimum Gasteiger partial charge on any atom is -0.496 e. The van der Waals surface area contributed by atoms with Crippen LogP contribution in [0.25, 0.3) is 0 Å². The number of hydrogen-bond acceptors (Lipinski definition) is 3. The molecule has 2 rings (SSSR count). The van der Waals surface area contributed by atoms with Crippen molar-refractivity contribution < 1.29 is 14.6 Å². The highest BCUT2D eigenvalue weighted by molar-refractivity contribution is 5.52. The Hall–Kier alpha value is -1.22. The van der Waals surface area contributed by atoms with Gasteiger partial charge in [0.05, 0.1) is 20.8 Å². The van der Waals surface area contributed by atoms with Crippen LogP contribution in [-0.2, 0) is 5.41 Å². The van der Waals surface area contributed by atoms with Crippen molar-refractivity contribution in [3.8, 4) is 11.5 Å². The smallest absolute Gasteiger partial charge is 0.123 e. The van der Waals surface area contributed by atoms with E-state index in [0.29, 0.717) is 5.92 Å². The summed E-state index contributed by atoms with van der Waals surface area (Å²) in [6.07, 6.45) is 1.01. The van der Waals surface area contributed by atoms with E-state index in [1.807, 2.05) is 19.1 Å². The molecule has 0 radical (unpaired) electrons. The molecule has 0 heterocycles. The molecular weight excluding hydrogens is 216 g/mol. The van der Waals surface area contributed by atoms with E-state index in [-0.39, 0.29) is 12.0 Å². The summed E-state index contributed by atoms with van der Waals surface area (Å²) in [7, 11) is 3.34. The van der Waals surface area contributed by atoms with Crippen molar-refractivity contribution in [3.63, 3.8) is 0 Å². The van der Waals surface area contributed by atoms with E-state index >= 15 is 0 Å². The van der Waals surface area contributed by atoms with Crippen LogP contribution in [0.5, 0.6) is 11.5 Å². The Morgan fingerprint density at radius 2 is 1.88 bits per heavy atom. The van der Waals surface area contributed by atoms with Gasteiger partial charge in [-0.2, -0.15) is 0 Å². The van der Waals surface area contributed by atoms with Crippen LogP contribution in [0.3, 0.4) is 0 Å². The highest BCUT2D eigenvalue weighted by Gasteiger charge is 2.53. The van der Waals surface area contributed by atoms with Crippen LogP contribution in [0.2, 0.25) is 0 Å². The molecule has 1 aromatic carbocycles. The number of methoxy groups -OCH3 is 2. The molecule has 3 nitrogen and oxygen atoms in total. The minimum atomic E-state index is -0.133. The fourth-order valence-corrected chi connectivity index (χ4v) is 2.61. The van der Waals surface area contributed by atoms with Gasteiger partial charge in [-0.15, -0.1) is 0 Å². The summed E-state index contributed by atoms with van der Waals surface area (Å²) < 4.78 is 10.8. The molecule has 1 saturated carbocycles. The fraction of sp³-hybridized carbons (Fsp3) is 0.571. The van der Waals surface area contributed by atoms with Crippen LogP contribution < -0.4 is 9.47 Å². The molecule has 0 aliphatic heterocycles. The average Bonchev–Trinajstić information content (AvgIpc) is 3.00. The molecule has 0 spiro atoms. The zero-order valence-corrected chi connectivity index (χ0v) is 10.9. The molecule has 2 atom stereocenters. The number of aliphatic hydroxyl groups is 1. The Morgan fingerprint density at radius 3 is 2.29 bits per heavy atom. The van der Waals surface area contributed by atoms with Gasteiger partial charge in [0, 0.05) is 11.0 Å². The largest absolute Gasteiger partial charge is 0.496 e. The lowest BCUT2D eigenvalue weighted by Gasteiger charge is -2.20. The molecule has 1 aromatic rings.